The third kappa shape index (κ3) is 2.75. The highest BCUT2D eigenvalue weighted by molar-refractivity contribution is 6.16. The maximum Gasteiger partial charge on any atom is 0.240 e. The fourth-order valence-electron chi connectivity index (χ4n) is 4.80. The Morgan fingerprint density at radius 2 is 1.27 bits per heavy atom. The quantitative estimate of drug-likeness (QED) is 0.581. The third-order valence-corrected chi connectivity index (χ3v) is 6.18. The Morgan fingerprint density at radius 1 is 0.700 bits per heavy atom. The lowest BCUT2D eigenvalue weighted by Gasteiger charge is -2.21. The monoisotopic (exact) mass is 396 g/mol. The van der Waals surface area contributed by atoms with Gasteiger partial charge in [-0.25, -0.2) is 0 Å². The van der Waals surface area contributed by atoms with Crippen molar-refractivity contribution in [1.29, 1.82) is 0 Å². The van der Waals surface area contributed by atoms with Crippen molar-refractivity contribution in [2.75, 3.05) is 16.3 Å². The van der Waals surface area contributed by atoms with E-state index in [2.05, 4.69) is 6.92 Å². The summed E-state index contributed by atoms with van der Waals surface area (Å²) < 4.78 is 0. The van der Waals surface area contributed by atoms with Crippen LogP contribution in [0.4, 0.5) is 17.1 Å². The van der Waals surface area contributed by atoms with Crippen molar-refractivity contribution in [3.8, 4) is 0 Å². The van der Waals surface area contributed by atoms with Crippen molar-refractivity contribution in [3.05, 3.63) is 90.0 Å². The number of nitrogens with zero attached hydrogens (tertiary/aromatic N) is 2. The fourth-order valence-corrected chi connectivity index (χ4v) is 4.80. The molecule has 0 saturated carbocycles. The summed E-state index contributed by atoms with van der Waals surface area (Å²) in [6.45, 7) is 2.81. The second kappa shape index (κ2) is 7.45. The van der Waals surface area contributed by atoms with Crippen LogP contribution in [0.3, 0.4) is 0 Å². The van der Waals surface area contributed by atoms with Gasteiger partial charge >= 0.3 is 0 Å². The Bertz CT molecular complexity index is 1110. The highest BCUT2D eigenvalue weighted by Gasteiger charge is 2.50. The molecular weight excluding hydrogens is 372 g/mol. The standard InChI is InChI=1S/C26H24N2O2/c1-2-3-17-27-21-15-9-7-13-19(21)23(25(27)29)24-20-14-8-10-16-22(20)28(26(24)30)18-11-5-4-6-12-18/h4-16,23-24H,2-3,17H2,1H3/t23-,24-/m1/s1. The third-order valence-electron chi connectivity index (χ3n) is 6.18. The zero-order valence-electron chi connectivity index (χ0n) is 17.0. The highest BCUT2D eigenvalue weighted by atomic mass is 16.2. The average Bonchev–Trinajstić information content (AvgIpc) is 3.22. The van der Waals surface area contributed by atoms with Gasteiger partial charge in [-0.05, 0) is 41.8 Å². The summed E-state index contributed by atoms with van der Waals surface area (Å²) >= 11 is 0. The van der Waals surface area contributed by atoms with E-state index in [4.69, 9.17) is 0 Å². The number of carbonyl (C=O) groups excluding carboxylic acids is 2. The molecular formula is C26H24N2O2. The lowest BCUT2D eigenvalue weighted by molar-refractivity contribution is -0.125. The van der Waals surface area contributed by atoms with Crippen LogP contribution in [0.25, 0.3) is 0 Å². The maximum atomic E-state index is 13.8. The number of unbranched alkanes of at least 4 members (excludes halogenated alkanes) is 1. The van der Waals surface area contributed by atoms with E-state index in [1.807, 2.05) is 83.8 Å². The number of benzene rings is 3. The van der Waals surface area contributed by atoms with E-state index in [0.29, 0.717) is 6.54 Å². The molecule has 30 heavy (non-hydrogen) atoms. The molecule has 0 N–H and O–H groups in total. The van der Waals surface area contributed by atoms with Crippen molar-refractivity contribution in [1.82, 2.24) is 0 Å². The Labute approximate surface area is 176 Å². The highest BCUT2D eigenvalue weighted by Crippen LogP contribution is 2.52. The van der Waals surface area contributed by atoms with Crippen LogP contribution in [0.15, 0.2) is 78.9 Å². The van der Waals surface area contributed by atoms with Gasteiger partial charge < -0.3 is 4.90 Å². The molecule has 3 aromatic carbocycles. The first kappa shape index (κ1) is 18.6. The van der Waals surface area contributed by atoms with Crippen LogP contribution in [-0.4, -0.2) is 18.4 Å². The molecule has 2 aliphatic heterocycles. The molecule has 0 unspecified atom stereocenters. The molecule has 0 aliphatic carbocycles. The molecule has 2 aliphatic rings. The molecule has 2 heterocycles. The van der Waals surface area contributed by atoms with Crippen LogP contribution in [0.1, 0.15) is 42.7 Å². The zero-order valence-corrected chi connectivity index (χ0v) is 17.0. The van der Waals surface area contributed by atoms with Crippen molar-refractivity contribution in [2.24, 2.45) is 0 Å². The Hall–Kier alpha value is -3.40. The van der Waals surface area contributed by atoms with E-state index in [1.54, 1.807) is 4.90 Å². The van der Waals surface area contributed by atoms with E-state index in [1.165, 1.54) is 0 Å². The first-order valence-corrected chi connectivity index (χ1v) is 10.6. The number of carbonyl (C=O) groups is 2. The predicted molar refractivity (Wildman–Crippen MR) is 119 cm³/mol. The molecule has 0 spiro atoms. The normalized spacial score (nSPS) is 19.9. The SMILES string of the molecule is CCCCN1C(=O)[C@@H]([C@@H]2C(=O)N(c3ccccc3)c3ccccc32)c2ccccc21. The summed E-state index contributed by atoms with van der Waals surface area (Å²) in [6.07, 6.45) is 1.96. The number of amides is 2. The molecule has 0 fully saturated rings. The van der Waals surface area contributed by atoms with Gasteiger partial charge in [0.1, 0.15) is 0 Å². The predicted octanol–water partition coefficient (Wildman–Crippen LogP) is 5.38. The van der Waals surface area contributed by atoms with Crippen LogP contribution < -0.4 is 9.80 Å². The summed E-state index contributed by atoms with van der Waals surface area (Å²) in [7, 11) is 0. The van der Waals surface area contributed by atoms with E-state index in [9.17, 15) is 9.59 Å². The maximum absolute atomic E-state index is 13.8. The molecule has 4 nitrogen and oxygen atoms in total. The minimum Gasteiger partial charge on any atom is -0.312 e. The molecule has 3 aromatic rings. The number of hydrogen-bond acceptors (Lipinski definition) is 2. The van der Waals surface area contributed by atoms with E-state index >= 15 is 0 Å². The molecule has 5 rings (SSSR count). The van der Waals surface area contributed by atoms with Gasteiger partial charge in [0.15, 0.2) is 0 Å². The molecule has 0 bridgehead atoms. The zero-order chi connectivity index (χ0) is 20.7. The summed E-state index contributed by atoms with van der Waals surface area (Å²) in [5, 5.41) is 0. The van der Waals surface area contributed by atoms with Crippen molar-refractivity contribution >= 4 is 28.9 Å². The van der Waals surface area contributed by atoms with Crippen LogP contribution in [0, 0.1) is 0 Å². The Kier molecular flexibility index (Phi) is 4.62. The van der Waals surface area contributed by atoms with E-state index in [-0.39, 0.29) is 11.8 Å². The lowest BCUT2D eigenvalue weighted by atomic mass is 9.83. The van der Waals surface area contributed by atoms with Gasteiger partial charge in [-0.1, -0.05) is 67.9 Å². The minimum atomic E-state index is -0.512. The molecule has 0 radical (unpaired) electrons. The molecule has 150 valence electrons. The topological polar surface area (TPSA) is 40.6 Å². The van der Waals surface area contributed by atoms with Crippen molar-refractivity contribution < 1.29 is 9.59 Å². The van der Waals surface area contributed by atoms with Gasteiger partial charge in [-0.2, -0.15) is 0 Å². The Morgan fingerprint density at radius 3 is 1.97 bits per heavy atom. The second-order valence-electron chi connectivity index (χ2n) is 7.93. The molecule has 2 amide bonds. The summed E-state index contributed by atoms with van der Waals surface area (Å²) in [4.78, 5) is 31.0. The number of rotatable bonds is 5. The van der Waals surface area contributed by atoms with E-state index < -0.39 is 11.8 Å². The Balaban J connectivity index is 1.62. The van der Waals surface area contributed by atoms with Crippen LogP contribution >= 0.6 is 0 Å². The van der Waals surface area contributed by atoms with Crippen LogP contribution in [0.5, 0.6) is 0 Å². The fraction of sp³-hybridized carbons (Fsp3) is 0.231. The molecule has 0 aromatic heterocycles. The van der Waals surface area contributed by atoms with Gasteiger partial charge in [-0.3, -0.25) is 14.5 Å². The average molecular weight is 396 g/mol. The van der Waals surface area contributed by atoms with E-state index in [0.717, 1.165) is 41.0 Å². The minimum absolute atomic E-state index is 0.0344. The number of para-hydroxylation sites is 3. The first-order valence-electron chi connectivity index (χ1n) is 10.6. The van der Waals surface area contributed by atoms with Gasteiger partial charge in [0.2, 0.25) is 11.8 Å². The number of hydrogen-bond donors (Lipinski definition) is 0. The number of anilines is 3. The van der Waals surface area contributed by atoms with Gasteiger partial charge in [-0.15, -0.1) is 0 Å². The number of fused-ring (bicyclic) bond motifs is 2. The van der Waals surface area contributed by atoms with Gasteiger partial charge in [0.05, 0.1) is 17.5 Å². The summed E-state index contributed by atoms with van der Waals surface area (Å²) in [5.74, 6) is -0.997. The summed E-state index contributed by atoms with van der Waals surface area (Å²) in [5.41, 5.74) is 4.54. The summed E-state index contributed by atoms with van der Waals surface area (Å²) in [6, 6.07) is 25.5. The molecule has 0 saturated heterocycles. The van der Waals surface area contributed by atoms with Crippen molar-refractivity contribution in [3.63, 3.8) is 0 Å². The largest absolute Gasteiger partial charge is 0.312 e. The van der Waals surface area contributed by atoms with Gasteiger partial charge in [0.25, 0.3) is 0 Å². The van der Waals surface area contributed by atoms with Crippen molar-refractivity contribution in [2.45, 2.75) is 31.6 Å². The van der Waals surface area contributed by atoms with Crippen LogP contribution in [-0.2, 0) is 9.59 Å². The molecule has 4 heteroatoms. The smallest absolute Gasteiger partial charge is 0.240 e. The van der Waals surface area contributed by atoms with Gasteiger partial charge in [0, 0.05) is 17.9 Å². The second-order valence-corrected chi connectivity index (χ2v) is 7.93. The molecule has 2 atom stereocenters. The first-order chi connectivity index (χ1) is 14.7. The van der Waals surface area contributed by atoms with Crippen LogP contribution in [0.2, 0.25) is 0 Å². The lowest BCUT2D eigenvalue weighted by Crippen LogP contribution is -2.34.